The zero-order valence-electron chi connectivity index (χ0n) is 18.4. The molecule has 0 fully saturated rings. The molecule has 0 radical (unpaired) electrons. The molecule has 2 aromatic heterocycles. The van der Waals surface area contributed by atoms with Crippen LogP contribution in [0.25, 0.3) is 28.0 Å². The third-order valence-corrected chi connectivity index (χ3v) is 6.19. The number of halogens is 1. The zero-order valence-corrected chi connectivity index (χ0v) is 19.2. The predicted molar refractivity (Wildman–Crippen MR) is 125 cm³/mol. The van der Waals surface area contributed by atoms with Gasteiger partial charge in [-0.1, -0.05) is 24.3 Å². The molecule has 9 heteroatoms. The molecular weight excluding hydrogens is 443 g/mol. The van der Waals surface area contributed by atoms with Crippen molar-refractivity contribution in [2.75, 3.05) is 19.8 Å². The second-order valence-corrected chi connectivity index (χ2v) is 9.18. The number of carbonyl (C=O) groups is 1. The summed E-state index contributed by atoms with van der Waals surface area (Å²) >= 11 is 0. The summed E-state index contributed by atoms with van der Waals surface area (Å²) in [4.78, 5) is 23.6. The van der Waals surface area contributed by atoms with E-state index < -0.39 is 16.9 Å². The normalized spacial score (nSPS) is 13.1. The van der Waals surface area contributed by atoms with Gasteiger partial charge in [0, 0.05) is 60.5 Å². The minimum absolute atomic E-state index is 0.197. The Labute approximate surface area is 193 Å². The van der Waals surface area contributed by atoms with Crippen LogP contribution in [-0.4, -0.2) is 60.6 Å². The third-order valence-electron chi connectivity index (χ3n) is 5.25. The topological polar surface area (TPSA) is 88.3 Å². The van der Waals surface area contributed by atoms with Crippen LogP contribution in [-0.2, 0) is 10.8 Å². The average molecular weight is 467 g/mol. The Bertz CT molecular complexity index is 1350. The number of fused-ring (bicyclic) bond motifs is 1. The van der Waals surface area contributed by atoms with Crippen LogP contribution >= 0.6 is 0 Å². The summed E-state index contributed by atoms with van der Waals surface area (Å²) in [5.74, 6) is -0.312. The van der Waals surface area contributed by atoms with E-state index in [1.165, 1.54) is 23.4 Å². The number of rotatable bonds is 6. The van der Waals surface area contributed by atoms with Gasteiger partial charge in [-0.15, -0.1) is 0 Å². The number of likely N-dealkylation sites (N-methyl/N-ethyl adjacent to an activating group) is 1. The van der Waals surface area contributed by atoms with Crippen molar-refractivity contribution in [1.29, 1.82) is 0 Å². The minimum atomic E-state index is -1.28. The lowest BCUT2D eigenvalue weighted by Gasteiger charge is -2.19. The standard InChI is InChI=1S/C24H23FN4O3S/c1-15(30)13-28(2)23(31)16-8-9-19-21(10-16)29(14-22(19)33(3)32)24-26-11-17(12-27-24)18-6-4-5-7-20(18)25/h4-12,14-15,30H,13H2,1-3H3. The maximum atomic E-state index is 14.1. The van der Waals surface area contributed by atoms with Crippen LogP contribution in [0, 0.1) is 5.82 Å². The second-order valence-electron chi connectivity index (χ2n) is 7.84. The number of amides is 1. The first kappa shape index (κ1) is 22.8. The molecule has 1 N–H and O–H groups in total. The number of aliphatic hydroxyl groups excluding tert-OH is 1. The minimum Gasteiger partial charge on any atom is -0.392 e. The van der Waals surface area contributed by atoms with Gasteiger partial charge in [-0.3, -0.25) is 13.6 Å². The molecule has 0 spiro atoms. The first-order valence-corrected chi connectivity index (χ1v) is 11.8. The highest BCUT2D eigenvalue weighted by Gasteiger charge is 2.19. The number of carbonyl (C=O) groups excluding carboxylic acids is 1. The van der Waals surface area contributed by atoms with E-state index in [0.29, 0.717) is 38.4 Å². The van der Waals surface area contributed by atoms with Crippen molar-refractivity contribution >= 4 is 27.6 Å². The molecule has 1 amide bonds. The van der Waals surface area contributed by atoms with Crippen molar-refractivity contribution in [2.24, 2.45) is 0 Å². The van der Waals surface area contributed by atoms with Crippen LogP contribution in [0.2, 0.25) is 0 Å². The molecule has 4 aromatic rings. The monoisotopic (exact) mass is 466 g/mol. The SMILES string of the molecule is CC(O)CN(C)C(=O)c1ccc2c(S(C)=O)cn(-c3ncc(-c4ccccc4F)cn3)c2c1. The summed E-state index contributed by atoms with van der Waals surface area (Å²) in [6, 6.07) is 11.5. The molecule has 0 saturated heterocycles. The number of benzene rings is 2. The summed E-state index contributed by atoms with van der Waals surface area (Å²) in [5, 5.41) is 10.3. The highest BCUT2D eigenvalue weighted by Crippen LogP contribution is 2.28. The highest BCUT2D eigenvalue weighted by atomic mass is 32.2. The van der Waals surface area contributed by atoms with Crippen LogP contribution < -0.4 is 0 Å². The summed E-state index contributed by atoms with van der Waals surface area (Å²) in [6.45, 7) is 1.81. The van der Waals surface area contributed by atoms with E-state index in [4.69, 9.17) is 0 Å². The van der Waals surface area contributed by atoms with E-state index in [2.05, 4.69) is 9.97 Å². The molecule has 0 aliphatic carbocycles. The lowest BCUT2D eigenvalue weighted by Crippen LogP contribution is -2.33. The summed E-state index contributed by atoms with van der Waals surface area (Å²) in [5.41, 5.74) is 1.96. The molecule has 0 saturated carbocycles. The molecule has 33 heavy (non-hydrogen) atoms. The summed E-state index contributed by atoms with van der Waals surface area (Å²) in [6.07, 6.45) is 5.67. The Kier molecular flexibility index (Phi) is 6.35. The molecule has 0 aliphatic rings. The van der Waals surface area contributed by atoms with Crippen LogP contribution in [0.5, 0.6) is 0 Å². The van der Waals surface area contributed by atoms with Gasteiger partial charge in [0.1, 0.15) is 5.82 Å². The number of aromatic nitrogens is 3. The average Bonchev–Trinajstić information content (AvgIpc) is 3.18. The van der Waals surface area contributed by atoms with E-state index in [9.17, 15) is 18.5 Å². The number of hydrogen-bond donors (Lipinski definition) is 1. The van der Waals surface area contributed by atoms with Gasteiger partial charge in [-0.25, -0.2) is 14.4 Å². The second kappa shape index (κ2) is 9.21. The molecule has 2 atom stereocenters. The van der Waals surface area contributed by atoms with Gasteiger partial charge in [-0.2, -0.15) is 0 Å². The lowest BCUT2D eigenvalue weighted by atomic mass is 10.1. The molecule has 170 valence electrons. The lowest BCUT2D eigenvalue weighted by molar-refractivity contribution is 0.0704. The van der Waals surface area contributed by atoms with E-state index >= 15 is 0 Å². The van der Waals surface area contributed by atoms with Gasteiger partial charge in [0.05, 0.1) is 27.3 Å². The molecular formula is C24H23FN4O3S. The van der Waals surface area contributed by atoms with E-state index in [1.807, 2.05) is 0 Å². The van der Waals surface area contributed by atoms with Crippen LogP contribution in [0.1, 0.15) is 17.3 Å². The fourth-order valence-corrected chi connectivity index (χ4v) is 4.44. The zero-order chi connectivity index (χ0) is 23.7. The molecule has 0 aliphatic heterocycles. The fourth-order valence-electron chi connectivity index (χ4n) is 3.70. The molecule has 2 aromatic carbocycles. The summed E-state index contributed by atoms with van der Waals surface area (Å²) < 4.78 is 28.1. The molecule has 2 heterocycles. The highest BCUT2D eigenvalue weighted by molar-refractivity contribution is 7.84. The molecule has 2 unspecified atom stereocenters. The van der Waals surface area contributed by atoms with Gasteiger partial charge in [0.15, 0.2) is 0 Å². The molecule has 7 nitrogen and oxygen atoms in total. The molecule has 4 rings (SSSR count). The van der Waals surface area contributed by atoms with Gasteiger partial charge < -0.3 is 10.0 Å². The quantitative estimate of drug-likeness (QED) is 0.471. The van der Waals surface area contributed by atoms with Gasteiger partial charge in [0.25, 0.3) is 5.91 Å². The smallest absolute Gasteiger partial charge is 0.253 e. The Morgan fingerprint density at radius 1 is 1.21 bits per heavy atom. The van der Waals surface area contributed by atoms with Crippen molar-refractivity contribution < 1.29 is 18.5 Å². The van der Waals surface area contributed by atoms with Crippen LogP contribution in [0.15, 0.2) is 66.0 Å². The Hall–Kier alpha value is -3.43. The van der Waals surface area contributed by atoms with Gasteiger partial charge >= 0.3 is 0 Å². The Morgan fingerprint density at radius 2 is 1.91 bits per heavy atom. The van der Waals surface area contributed by atoms with Crippen LogP contribution in [0.3, 0.4) is 0 Å². The van der Waals surface area contributed by atoms with E-state index in [-0.39, 0.29) is 18.3 Å². The van der Waals surface area contributed by atoms with Crippen molar-refractivity contribution in [3.8, 4) is 17.1 Å². The van der Waals surface area contributed by atoms with Crippen molar-refractivity contribution in [2.45, 2.75) is 17.9 Å². The maximum Gasteiger partial charge on any atom is 0.253 e. The van der Waals surface area contributed by atoms with Gasteiger partial charge in [-0.05, 0) is 25.1 Å². The largest absolute Gasteiger partial charge is 0.392 e. The Balaban J connectivity index is 1.79. The third kappa shape index (κ3) is 4.55. The van der Waals surface area contributed by atoms with E-state index in [0.717, 1.165) is 0 Å². The van der Waals surface area contributed by atoms with E-state index in [1.54, 1.807) is 67.4 Å². The first-order valence-electron chi connectivity index (χ1n) is 10.3. The maximum absolute atomic E-state index is 14.1. The van der Waals surface area contributed by atoms with Gasteiger partial charge in [0.2, 0.25) is 5.95 Å². The molecule has 0 bridgehead atoms. The number of nitrogens with zero attached hydrogens (tertiary/aromatic N) is 4. The fraction of sp³-hybridized carbons (Fsp3) is 0.208. The van der Waals surface area contributed by atoms with Crippen molar-refractivity contribution in [3.05, 3.63) is 72.4 Å². The Morgan fingerprint density at radius 3 is 2.55 bits per heavy atom. The number of aliphatic hydroxyl groups is 1. The van der Waals surface area contributed by atoms with Crippen LogP contribution in [0.4, 0.5) is 4.39 Å². The first-order chi connectivity index (χ1) is 15.8. The number of hydrogen-bond acceptors (Lipinski definition) is 5. The summed E-state index contributed by atoms with van der Waals surface area (Å²) in [7, 11) is 0.338. The van der Waals surface area contributed by atoms with Crippen molar-refractivity contribution in [3.63, 3.8) is 0 Å². The predicted octanol–water partition coefficient (Wildman–Crippen LogP) is 3.42. The van der Waals surface area contributed by atoms with Crippen molar-refractivity contribution in [1.82, 2.24) is 19.4 Å².